The number of nitrogens with one attached hydrogen (secondary N) is 1. The molecule has 0 bridgehead atoms. The highest BCUT2D eigenvalue weighted by Gasteiger charge is 2.21. The molecule has 3 aromatic rings. The van der Waals surface area contributed by atoms with Crippen LogP contribution in [0.25, 0.3) is 0 Å². The van der Waals surface area contributed by atoms with Gasteiger partial charge in [0.2, 0.25) is 0 Å². The maximum absolute atomic E-state index is 13.0. The highest BCUT2D eigenvalue weighted by molar-refractivity contribution is 6.10. The Bertz CT molecular complexity index is 1060. The zero-order chi connectivity index (χ0) is 21.7. The van der Waals surface area contributed by atoms with Crippen molar-refractivity contribution in [3.05, 3.63) is 81.6 Å². The van der Waals surface area contributed by atoms with Gasteiger partial charge in [-0.15, -0.1) is 0 Å². The molecule has 0 aliphatic heterocycles. The number of amidine groups is 1. The second kappa shape index (κ2) is 9.45. The molecular formula is C23H30N6O. The van der Waals surface area contributed by atoms with Crippen LogP contribution in [0.4, 0.5) is 11.5 Å². The molecule has 0 spiro atoms. The Balaban J connectivity index is 2.02. The fourth-order valence-electron chi connectivity index (χ4n) is 3.25. The number of aromatic nitrogens is 2. The van der Waals surface area contributed by atoms with Crippen LogP contribution in [-0.4, -0.2) is 15.2 Å². The van der Waals surface area contributed by atoms with E-state index >= 15 is 0 Å². The van der Waals surface area contributed by atoms with Crippen LogP contribution < -0.4 is 22.3 Å². The summed E-state index contributed by atoms with van der Waals surface area (Å²) >= 11 is 0. The number of nitrogens with zero attached hydrogens (tertiary/aromatic N) is 3. The Morgan fingerprint density at radius 3 is 2.30 bits per heavy atom. The lowest BCUT2D eigenvalue weighted by Gasteiger charge is -2.13. The third-order valence-electron chi connectivity index (χ3n) is 4.89. The van der Waals surface area contributed by atoms with Crippen molar-refractivity contribution in [2.75, 3.05) is 11.1 Å². The maximum atomic E-state index is 13.0. The first-order chi connectivity index (χ1) is 14.4. The number of anilines is 2. The average molecular weight is 407 g/mol. The van der Waals surface area contributed by atoms with Gasteiger partial charge in [-0.25, -0.2) is 0 Å². The van der Waals surface area contributed by atoms with Crippen LogP contribution in [-0.2, 0) is 26.7 Å². The molecule has 158 valence electrons. The number of hydrogen-bond donors (Lipinski definition) is 3. The Morgan fingerprint density at radius 2 is 1.70 bits per heavy atom. The Morgan fingerprint density at radius 1 is 1.07 bits per heavy atom. The summed E-state index contributed by atoms with van der Waals surface area (Å²) in [6.45, 7) is 5.74. The van der Waals surface area contributed by atoms with E-state index in [1.54, 1.807) is 16.4 Å². The third-order valence-corrected chi connectivity index (χ3v) is 4.89. The molecule has 0 aliphatic carbocycles. The number of hydrogen-bond acceptors (Lipinski definition) is 4. The molecule has 7 heteroatoms. The van der Waals surface area contributed by atoms with Gasteiger partial charge in [0.15, 0.2) is 0 Å². The Hall–Kier alpha value is -3.32. The van der Waals surface area contributed by atoms with Crippen molar-refractivity contribution in [3.63, 3.8) is 0 Å². The van der Waals surface area contributed by atoms with Gasteiger partial charge in [0.1, 0.15) is 17.2 Å². The summed E-state index contributed by atoms with van der Waals surface area (Å²) in [5, 5.41) is 3.29. The van der Waals surface area contributed by atoms with Gasteiger partial charge in [-0.05, 0) is 29.2 Å². The van der Waals surface area contributed by atoms with E-state index in [-0.39, 0.29) is 5.56 Å². The van der Waals surface area contributed by atoms with E-state index in [1.165, 1.54) is 0 Å². The molecule has 0 saturated heterocycles. The predicted molar refractivity (Wildman–Crippen MR) is 124 cm³/mol. The standard InChI is InChI=1S/C23H30N6O/c1-16(2)15-29-21(25)20(23(30)28(29)3)22(27-19-7-5-4-6-8-19)26-14-18-11-9-17(13-24)10-12-18/h4-12,16H,13-15,24-25H2,1-3H3,(H,26,27). The number of rotatable bonds is 7. The van der Waals surface area contributed by atoms with Gasteiger partial charge in [-0.2, -0.15) is 0 Å². The second-order valence-corrected chi connectivity index (χ2v) is 7.74. The Kier molecular flexibility index (Phi) is 6.74. The van der Waals surface area contributed by atoms with Gasteiger partial charge < -0.3 is 16.8 Å². The predicted octanol–water partition coefficient (Wildman–Crippen LogP) is 2.94. The summed E-state index contributed by atoms with van der Waals surface area (Å²) in [6.07, 6.45) is 0. The van der Waals surface area contributed by atoms with Crippen molar-refractivity contribution in [3.8, 4) is 0 Å². The molecule has 1 heterocycles. The van der Waals surface area contributed by atoms with Gasteiger partial charge in [0.25, 0.3) is 5.56 Å². The summed E-state index contributed by atoms with van der Waals surface area (Å²) in [6, 6.07) is 17.6. The zero-order valence-electron chi connectivity index (χ0n) is 17.8. The maximum Gasteiger partial charge on any atom is 0.279 e. The summed E-state index contributed by atoms with van der Waals surface area (Å²) in [7, 11) is 1.73. The summed E-state index contributed by atoms with van der Waals surface area (Å²) in [4.78, 5) is 17.8. The van der Waals surface area contributed by atoms with Crippen LogP contribution in [0.5, 0.6) is 0 Å². The topological polar surface area (TPSA) is 103 Å². The third kappa shape index (κ3) is 4.80. The van der Waals surface area contributed by atoms with E-state index < -0.39 is 0 Å². The quantitative estimate of drug-likeness (QED) is 0.414. The van der Waals surface area contributed by atoms with Crippen molar-refractivity contribution in [2.24, 2.45) is 23.7 Å². The van der Waals surface area contributed by atoms with Crippen molar-refractivity contribution in [2.45, 2.75) is 33.5 Å². The van der Waals surface area contributed by atoms with Crippen LogP contribution in [0.3, 0.4) is 0 Å². The molecule has 0 amide bonds. The van der Waals surface area contributed by atoms with E-state index in [4.69, 9.17) is 16.5 Å². The average Bonchev–Trinajstić information content (AvgIpc) is 2.95. The molecule has 0 radical (unpaired) electrons. The largest absolute Gasteiger partial charge is 0.383 e. The molecule has 7 nitrogen and oxygen atoms in total. The fraction of sp³-hybridized carbons (Fsp3) is 0.304. The monoisotopic (exact) mass is 406 g/mol. The van der Waals surface area contributed by atoms with Crippen LogP contribution >= 0.6 is 0 Å². The highest BCUT2D eigenvalue weighted by atomic mass is 16.1. The van der Waals surface area contributed by atoms with E-state index in [9.17, 15) is 4.79 Å². The van der Waals surface area contributed by atoms with Gasteiger partial charge in [-0.1, -0.05) is 56.3 Å². The van der Waals surface area contributed by atoms with Gasteiger partial charge in [0.05, 0.1) is 6.54 Å². The molecule has 0 unspecified atom stereocenters. The molecule has 1 aromatic heterocycles. The first kappa shape index (κ1) is 21.4. The lowest BCUT2D eigenvalue weighted by atomic mass is 10.1. The second-order valence-electron chi connectivity index (χ2n) is 7.74. The number of benzene rings is 2. The molecule has 0 aliphatic rings. The summed E-state index contributed by atoms with van der Waals surface area (Å²) < 4.78 is 3.36. The van der Waals surface area contributed by atoms with Gasteiger partial charge >= 0.3 is 0 Å². The Labute approximate surface area is 177 Å². The fourth-order valence-corrected chi connectivity index (χ4v) is 3.25. The minimum absolute atomic E-state index is 0.172. The van der Waals surface area contributed by atoms with Crippen molar-refractivity contribution < 1.29 is 0 Å². The number of nitrogens with two attached hydrogens (primary N) is 2. The first-order valence-electron chi connectivity index (χ1n) is 10.1. The first-order valence-corrected chi connectivity index (χ1v) is 10.1. The van der Waals surface area contributed by atoms with Crippen LogP contribution in [0.1, 0.15) is 30.5 Å². The van der Waals surface area contributed by atoms with E-state index in [0.717, 1.165) is 16.8 Å². The molecular weight excluding hydrogens is 376 g/mol. The van der Waals surface area contributed by atoms with E-state index in [0.29, 0.717) is 42.8 Å². The van der Waals surface area contributed by atoms with Crippen molar-refractivity contribution in [1.29, 1.82) is 0 Å². The molecule has 0 fully saturated rings. The minimum atomic E-state index is -0.172. The highest BCUT2D eigenvalue weighted by Crippen LogP contribution is 2.16. The molecule has 0 atom stereocenters. The van der Waals surface area contributed by atoms with Crippen LogP contribution in [0.15, 0.2) is 64.4 Å². The van der Waals surface area contributed by atoms with Gasteiger partial charge in [0, 0.05) is 25.8 Å². The smallest absolute Gasteiger partial charge is 0.279 e. The van der Waals surface area contributed by atoms with E-state index in [1.807, 2.05) is 54.6 Å². The number of nitrogen functional groups attached to an aromatic ring is 1. The summed E-state index contributed by atoms with van der Waals surface area (Å²) in [5.74, 6) is 1.23. The zero-order valence-corrected chi connectivity index (χ0v) is 17.8. The molecule has 0 saturated carbocycles. The molecule has 2 aromatic carbocycles. The number of aliphatic imine (C=N–C) groups is 1. The SMILES string of the molecule is CC(C)Cn1c(N)c(C(=NCc2ccc(CN)cc2)Nc2ccccc2)c(=O)n1C. The molecule has 30 heavy (non-hydrogen) atoms. The van der Waals surface area contributed by atoms with Gasteiger partial charge in [-0.3, -0.25) is 19.2 Å². The van der Waals surface area contributed by atoms with Crippen molar-refractivity contribution in [1.82, 2.24) is 9.36 Å². The molecule has 5 N–H and O–H groups in total. The van der Waals surface area contributed by atoms with E-state index in [2.05, 4.69) is 19.2 Å². The normalized spacial score (nSPS) is 11.8. The molecule has 3 rings (SSSR count). The minimum Gasteiger partial charge on any atom is -0.383 e. The number of para-hydroxylation sites is 1. The lowest BCUT2D eigenvalue weighted by molar-refractivity contribution is 0.428. The summed E-state index contributed by atoms with van der Waals surface area (Å²) in [5.41, 5.74) is 15.2. The van der Waals surface area contributed by atoms with Crippen LogP contribution in [0.2, 0.25) is 0 Å². The lowest BCUT2D eigenvalue weighted by Crippen LogP contribution is -2.26. The van der Waals surface area contributed by atoms with Crippen molar-refractivity contribution >= 4 is 17.3 Å². The van der Waals surface area contributed by atoms with Crippen LogP contribution in [0, 0.1) is 5.92 Å².